The second kappa shape index (κ2) is 12.2. The Morgan fingerprint density at radius 2 is 1.86 bits per heavy atom. The zero-order valence-corrected chi connectivity index (χ0v) is 21.1. The fourth-order valence-corrected chi connectivity index (χ4v) is 5.57. The third kappa shape index (κ3) is 6.82. The van der Waals surface area contributed by atoms with Crippen LogP contribution in [0.5, 0.6) is 0 Å². The van der Waals surface area contributed by atoms with Gasteiger partial charge in [0.2, 0.25) is 0 Å². The normalized spacial score (nSPS) is 16.4. The summed E-state index contributed by atoms with van der Waals surface area (Å²) in [5.74, 6) is -0.783. The number of piperidine rings is 1. The summed E-state index contributed by atoms with van der Waals surface area (Å²) in [6.07, 6.45) is 9.70. The van der Waals surface area contributed by atoms with Crippen molar-refractivity contribution >= 4 is 40.8 Å². The number of aromatic nitrogens is 1. The lowest BCUT2D eigenvalue weighted by atomic mass is 9.97. The van der Waals surface area contributed by atoms with Crippen LogP contribution >= 0.6 is 22.9 Å². The Bertz CT molecular complexity index is 1090. The molecule has 1 aliphatic heterocycles. The molecule has 2 aliphatic rings. The minimum absolute atomic E-state index is 0.00618. The van der Waals surface area contributed by atoms with Crippen LogP contribution in [0.1, 0.15) is 76.7 Å². The first-order valence-corrected chi connectivity index (χ1v) is 13.3. The Balaban J connectivity index is 1.20. The molecular weight excluding hydrogens is 486 g/mol. The number of hydrogen-bond donors (Lipinski definition) is 3. The van der Waals surface area contributed by atoms with Crippen LogP contribution in [0.25, 0.3) is 0 Å². The van der Waals surface area contributed by atoms with Crippen molar-refractivity contribution in [3.8, 4) is 0 Å². The van der Waals surface area contributed by atoms with Gasteiger partial charge in [0, 0.05) is 30.9 Å². The largest absolute Gasteiger partial charge is 0.338 e. The summed E-state index contributed by atoms with van der Waals surface area (Å²) in [5.41, 5.74) is 6.74. The van der Waals surface area contributed by atoms with Gasteiger partial charge in [-0.1, -0.05) is 35.4 Å². The second-order valence-corrected chi connectivity index (χ2v) is 10.1. The van der Waals surface area contributed by atoms with E-state index in [1.165, 1.54) is 29.8 Å². The van der Waals surface area contributed by atoms with Crippen molar-refractivity contribution in [1.29, 1.82) is 0 Å². The average molecular weight is 516 g/mol. The maximum absolute atomic E-state index is 12.5. The highest BCUT2D eigenvalue weighted by Crippen LogP contribution is 2.30. The van der Waals surface area contributed by atoms with Crippen LogP contribution in [0, 0.1) is 0 Å². The van der Waals surface area contributed by atoms with Gasteiger partial charge in [-0.3, -0.25) is 20.4 Å². The Hall–Kier alpha value is -2.91. The second-order valence-electron chi connectivity index (χ2n) is 8.81. The van der Waals surface area contributed by atoms with Gasteiger partial charge < -0.3 is 10.2 Å². The summed E-state index contributed by atoms with van der Waals surface area (Å²) in [4.78, 5) is 43.5. The number of nitrogens with zero attached hydrogens (tertiary/aromatic N) is 2. The van der Waals surface area contributed by atoms with E-state index in [0.29, 0.717) is 24.7 Å². The summed E-state index contributed by atoms with van der Waals surface area (Å²) < 4.78 is 0. The van der Waals surface area contributed by atoms with Crippen LogP contribution in [-0.2, 0) is 0 Å². The van der Waals surface area contributed by atoms with E-state index in [0.717, 1.165) is 37.1 Å². The quantitative estimate of drug-likeness (QED) is 0.385. The van der Waals surface area contributed by atoms with Crippen LogP contribution < -0.4 is 16.2 Å². The number of hydrogen-bond acceptors (Lipinski definition) is 5. The molecular formula is C25H30ClN5O3S. The highest BCUT2D eigenvalue weighted by Gasteiger charge is 2.26. The lowest BCUT2D eigenvalue weighted by Crippen LogP contribution is -2.44. The first-order chi connectivity index (χ1) is 17.0. The molecule has 0 radical (unpaired) electrons. The minimum Gasteiger partial charge on any atom is -0.338 e. The first-order valence-electron chi connectivity index (χ1n) is 12.0. The number of likely N-dealkylation sites (tertiary alicyclic amines) is 1. The monoisotopic (exact) mass is 515 g/mol. The Kier molecular flexibility index (Phi) is 8.76. The van der Waals surface area contributed by atoms with E-state index in [-0.39, 0.29) is 23.2 Å². The number of halogens is 1. The first kappa shape index (κ1) is 25.2. The smallest absolute Gasteiger partial charge is 0.317 e. The molecule has 0 unspecified atom stereocenters. The van der Waals surface area contributed by atoms with Crippen molar-refractivity contribution in [1.82, 2.24) is 26.1 Å². The molecule has 8 nitrogen and oxygen atoms in total. The number of allylic oxidation sites excluding steroid dienone is 1. The zero-order valence-electron chi connectivity index (χ0n) is 19.5. The number of rotatable bonds is 6. The summed E-state index contributed by atoms with van der Waals surface area (Å²) in [6, 6.07) is 6.59. The van der Waals surface area contributed by atoms with E-state index in [2.05, 4.69) is 27.2 Å². The highest BCUT2D eigenvalue weighted by atomic mass is 35.5. The lowest BCUT2D eigenvalue weighted by Gasteiger charge is -2.31. The van der Waals surface area contributed by atoms with Crippen molar-refractivity contribution in [2.45, 2.75) is 50.9 Å². The molecule has 0 atom stereocenters. The standard InChI is InChI=1S/C25H30ClN5O3S/c26-20-9-5-4-8-19(20)22(32)29-30-23(33)21-16-35-24(28-21)18-11-14-31(15-12-18)25(34)27-13-10-17-6-2-1-3-7-17/h4-6,8-9,16,18H,1-3,7,10-15H2,(H,27,34)(H,29,32)(H,30,33). The molecule has 4 amide bonds. The summed E-state index contributed by atoms with van der Waals surface area (Å²) >= 11 is 7.44. The molecule has 1 aliphatic carbocycles. The number of thiazole rings is 1. The highest BCUT2D eigenvalue weighted by molar-refractivity contribution is 7.09. The Labute approximate surface area is 214 Å². The van der Waals surface area contributed by atoms with E-state index < -0.39 is 11.8 Å². The number of amides is 4. The number of urea groups is 1. The van der Waals surface area contributed by atoms with Gasteiger partial charge in [-0.2, -0.15) is 0 Å². The molecule has 0 bridgehead atoms. The molecule has 3 N–H and O–H groups in total. The maximum atomic E-state index is 12.5. The van der Waals surface area contributed by atoms with Gasteiger partial charge in [-0.05, 0) is 57.1 Å². The van der Waals surface area contributed by atoms with Gasteiger partial charge in [0.05, 0.1) is 15.6 Å². The molecule has 1 aromatic carbocycles. The lowest BCUT2D eigenvalue weighted by molar-refractivity contribution is 0.0844. The SMILES string of the molecule is O=C(NNC(=O)c1ccccc1Cl)c1csc(C2CCN(C(=O)NCCC3=CCCCC3)CC2)n1. The van der Waals surface area contributed by atoms with E-state index in [4.69, 9.17) is 11.6 Å². The predicted molar refractivity (Wildman–Crippen MR) is 137 cm³/mol. The van der Waals surface area contributed by atoms with Crippen LogP contribution in [0.4, 0.5) is 4.79 Å². The summed E-state index contributed by atoms with van der Waals surface area (Å²) in [5, 5.41) is 5.91. The van der Waals surface area contributed by atoms with Gasteiger partial charge in [0.25, 0.3) is 11.8 Å². The molecule has 1 fully saturated rings. The van der Waals surface area contributed by atoms with Gasteiger partial charge >= 0.3 is 6.03 Å². The number of carbonyl (C=O) groups excluding carboxylic acids is 3. The molecule has 0 saturated carbocycles. The number of hydrazine groups is 1. The predicted octanol–water partition coefficient (Wildman–Crippen LogP) is 4.65. The Morgan fingerprint density at radius 1 is 1.09 bits per heavy atom. The van der Waals surface area contributed by atoms with E-state index in [1.54, 1.807) is 29.6 Å². The van der Waals surface area contributed by atoms with Gasteiger partial charge in [-0.25, -0.2) is 9.78 Å². The number of benzene rings is 1. The third-order valence-electron chi connectivity index (χ3n) is 6.40. The fraction of sp³-hybridized carbons (Fsp3) is 0.440. The minimum atomic E-state index is -0.500. The topological polar surface area (TPSA) is 103 Å². The number of carbonyl (C=O) groups is 3. The van der Waals surface area contributed by atoms with E-state index in [1.807, 2.05) is 4.90 Å². The van der Waals surface area contributed by atoms with Crippen molar-refractivity contribution in [2.24, 2.45) is 0 Å². The maximum Gasteiger partial charge on any atom is 0.317 e. The van der Waals surface area contributed by atoms with Crippen LogP contribution in [0.2, 0.25) is 5.02 Å². The van der Waals surface area contributed by atoms with Gasteiger partial charge in [0.15, 0.2) is 0 Å². The van der Waals surface area contributed by atoms with Crippen molar-refractivity contribution < 1.29 is 14.4 Å². The van der Waals surface area contributed by atoms with E-state index >= 15 is 0 Å². The average Bonchev–Trinajstić information content (AvgIpc) is 3.38. The van der Waals surface area contributed by atoms with Crippen LogP contribution in [0.3, 0.4) is 0 Å². The van der Waals surface area contributed by atoms with Crippen LogP contribution in [0.15, 0.2) is 41.3 Å². The zero-order chi connectivity index (χ0) is 24.6. The summed E-state index contributed by atoms with van der Waals surface area (Å²) in [7, 11) is 0. The molecule has 1 aromatic heterocycles. The van der Waals surface area contributed by atoms with Crippen LogP contribution in [-0.4, -0.2) is 47.4 Å². The fourth-order valence-electron chi connectivity index (χ4n) is 4.37. The van der Waals surface area contributed by atoms with Crippen molar-refractivity contribution in [3.63, 3.8) is 0 Å². The molecule has 0 spiro atoms. The van der Waals surface area contributed by atoms with Crippen molar-refractivity contribution in [2.75, 3.05) is 19.6 Å². The van der Waals surface area contributed by atoms with Crippen molar-refractivity contribution in [3.05, 3.63) is 62.6 Å². The molecule has 2 heterocycles. The van der Waals surface area contributed by atoms with E-state index in [9.17, 15) is 14.4 Å². The molecule has 1 saturated heterocycles. The van der Waals surface area contributed by atoms with Gasteiger partial charge in [-0.15, -0.1) is 11.3 Å². The molecule has 2 aromatic rings. The molecule has 186 valence electrons. The third-order valence-corrected chi connectivity index (χ3v) is 7.74. The molecule has 10 heteroatoms. The molecule has 4 rings (SSSR count). The Morgan fingerprint density at radius 3 is 2.60 bits per heavy atom. The summed E-state index contributed by atoms with van der Waals surface area (Å²) in [6.45, 7) is 2.00. The molecule has 35 heavy (non-hydrogen) atoms. The van der Waals surface area contributed by atoms with Gasteiger partial charge in [0.1, 0.15) is 5.69 Å². The number of nitrogens with one attached hydrogen (secondary N) is 3.